The van der Waals surface area contributed by atoms with E-state index < -0.39 is 0 Å². The van der Waals surface area contributed by atoms with E-state index in [2.05, 4.69) is 10.2 Å². The van der Waals surface area contributed by atoms with Gasteiger partial charge in [-0.3, -0.25) is 4.79 Å². The van der Waals surface area contributed by atoms with Crippen LogP contribution >= 0.6 is 11.3 Å². The molecule has 122 valence electrons. The number of likely N-dealkylation sites (tertiary alicyclic amines) is 1. The molecule has 2 aromatic rings. The molecule has 1 amide bonds. The van der Waals surface area contributed by atoms with Crippen molar-refractivity contribution in [3.63, 3.8) is 0 Å². The van der Waals surface area contributed by atoms with E-state index in [-0.39, 0.29) is 24.2 Å². The van der Waals surface area contributed by atoms with Gasteiger partial charge in [-0.2, -0.15) is 0 Å². The molecule has 1 aliphatic heterocycles. The first-order valence-electron chi connectivity index (χ1n) is 7.54. The van der Waals surface area contributed by atoms with Gasteiger partial charge in [0.05, 0.1) is 0 Å². The predicted octanol–water partition coefficient (Wildman–Crippen LogP) is 2.70. The third kappa shape index (κ3) is 3.56. The van der Waals surface area contributed by atoms with Gasteiger partial charge in [0.15, 0.2) is 5.01 Å². The Labute approximate surface area is 138 Å². The van der Waals surface area contributed by atoms with E-state index in [9.17, 15) is 9.18 Å². The molecule has 2 heterocycles. The Balaban J connectivity index is 1.75. The zero-order valence-electron chi connectivity index (χ0n) is 12.9. The molecule has 7 heteroatoms. The molecule has 0 saturated carbocycles. The van der Waals surface area contributed by atoms with Crippen LogP contribution in [0.1, 0.15) is 23.8 Å². The number of nitrogens with zero attached hydrogens (tertiary/aromatic N) is 3. The number of hydrogen-bond donors (Lipinski definition) is 0. The van der Waals surface area contributed by atoms with Crippen molar-refractivity contribution >= 4 is 17.2 Å². The van der Waals surface area contributed by atoms with Crippen LogP contribution in [0.4, 0.5) is 4.39 Å². The molecule has 0 spiro atoms. The van der Waals surface area contributed by atoms with E-state index >= 15 is 0 Å². The minimum absolute atomic E-state index is 0.00366. The van der Waals surface area contributed by atoms with Crippen LogP contribution in [-0.4, -0.2) is 47.8 Å². The average Bonchev–Trinajstić information content (AvgIpc) is 3.05. The van der Waals surface area contributed by atoms with E-state index in [0.29, 0.717) is 17.1 Å². The summed E-state index contributed by atoms with van der Waals surface area (Å²) in [6.07, 6.45) is 1.89. The highest BCUT2D eigenvalue weighted by Gasteiger charge is 2.27. The number of carbonyl (C=O) groups excluding carboxylic acids is 1. The number of piperidine rings is 1. The number of methoxy groups -OCH3 is 1. The summed E-state index contributed by atoms with van der Waals surface area (Å²) in [7, 11) is 1.52. The summed E-state index contributed by atoms with van der Waals surface area (Å²) >= 11 is 1.40. The number of benzene rings is 1. The van der Waals surface area contributed by atoms with Crippen molar-refractivity contribution in [1.29, 1.82) is 0 Å². The van der Waals surface area contributed by atoms with Crippen LogP contribution in [0.25, 0.3) is 10.6 Å². The molecule has 3 rings (SSSR count). The molecule has 0 aliphatic carbocycles. The summed E-state index contributed by atoms with van der Waals surface area (Å²) in [5.41, 5.74) is 0.472. The second kappa shape index (κ2) is 7.14. The minimum Gasteiger partial charge on any atom is -0.375 e. The van der Waals surface area contributed by atoms with E-state index in [4.69, 9.17) is 4.74 Å². The maximum absolute atomic E-state index is 13.9. The summed E-state index contributed by atoms with van der Waals surface area (Å²) in [6, 6.07) is 6.56. The second-order valence-corrected chi connectivity index (χ2v) is 6.55. The van der Waals surface area contributed by atoms with E-state index in [1.54, 1.807) is 18.2 Å². The summed E-state index contributed by atoms with van der Waals surface area (Å²) in [6.45, 7) is 1.47. The quantitative estimate of drug-likeness (QED) is 0.862. The first-order chi connectivity index (χ1) is 11.2. The maximum atomic E-state index is 13.9. The Hall–Kier alpha value is -1.86. The normalized spacial score (nSPS) is 18.2. The van der Waals surface area contributed by atoms with E-state index in [1.165, 1.54) is 24.5 Å². The third-order valence-electron chi connectivity index (χ3n) is 3.94. The van der Waals surface area contributed by atoms with E-state index in [1.807, 2.05) is 4.90 Å². The highest BCUT2D eigenvalue weighted by atomic mass is 32.1. The molecule has 23 heavy (non-hydrogen) atoms. The molecule has 5 nitrogen and oxygen atoms in total. The monoisotopic (exact) mass is 335 g/mol. The van der Waals surface area contributed by atoms with Gasteiger partial charge in [-0.1, -0.05) is 23.5 Å². The number of aromatic nitrogens is 2. The first-order valence-corrected chi connectivity index (χ1v) is 8.35. The number of ether oxygens (including phenoxy) is 1. The van der Waals surface area contributed by atoms with Crippen LogP contribution in [0.15, 0.2) is 24.3 Å². The van der Waals surface area contributed by atoms with Gasteiger partial charge in [-0.25, -0.2) is 4.39 Å². The van der Waals surface area contributed by atoms with E-state index in [0.717, 1.165) is 24.4 Å². The number of amides is 1. The highest BCUT2D eigenvalue weighted by Crippen LogP contribution is 2.33. The van der Waals surface area contributed by atoms with Crippen LogP contribution in [0, 0.1) is 5.82 Å². The van der Waals surface area contributed by atoms with Gasteiger partial charge in [0, 0.05) is 31.7 Å². The average molecular weight is 335 g/mol. The number of hydrogen-bond acceptors (Lipinski definition) is 5. The van der Waals surface area contributed by atoms with Gasteiger partial charge in [0.1, 0.15) is 17.4 Å². The largest absolute Gasteiger partial charge is 0.375 e. The molecule has 0 N–H and O–H groups in total. The third-order valence-corrected chi connectivity index (χ3v) is 5.06. The fraction of sp³-hybridized carbons (Fsp3) is 0.438. The molecule has 1 aliphatic rings. The molecule has 1 fully saturated rings. The fourth-order valence-corrected chi connectivity index (χ4v) is 3.76. The number of carbonyl (C=O) groups is 1. The number of halogens is 1. The van der Waals surface area contributed by atoms with Crippen LogP contribution < -0.4 is 0 Å². The van der Waals surface area contributed by atoms with Crippen LogP contribution in [-0.2, 0) is 9.53 Å². The first kappa shape index (κ1) is 16.0. The standard InChI is InChI=1S/C16H18FN3O2S/c1-22-10-14(21)20-8-4-5-11(9-20)15-18-19-16(23-15)12-6-2-3-7-13(12)17/h2-3,6-7,11H,4-5,8-10H2,1H3/t11-/m1/s1. The Morgan fingerprint density at radius 2 is 2.26 bits per heavy atom. The molecule has 1 atom stereocenters. The molecule has 0 radical (unpaired) electrons. The molecule has 1 aromatic heterocycles. The van der Waals surface area contributed by atoms with Gasteiger partial charge >= 0.3 is 0 Å². The zero-order valence-corrected chi connectivity index (χ0v) is 13.7. The van der Waals surface area contributed by atoms with Crippen molar-refractivity contribution in [2.75, 3.05) is 26.8 Å². The molecule has 1 saturated heterocycles. The zero-order chi connectivity index (χ0) is 16.2. The number of rotatable bonds is 4. The predicted molar refractivity (Wildman–Crippen MR) is 85.7 cm³/mol. The summed E-state index contributed by atoms with van der Waals surface area (Å²) in [5.74, 6) is -0.144. The van der Waals surface area contributed by atoms with Crippen molar-refractivity contribution in [2.45, 2.75) is 18.8 Å². The van der Waals surface area contributed by atoms with Crippen molar-refractivity contribution in [3.8, 4) is 10.6 Å². The van der Waals surface area contributed by atoms with Gasteiger partial charge in [0.2, 0.25) is 5.91 Å². The van der Waals surface area contributed by atoms with Gasteiger partial charge in [0.25, 0.3) is 0 Å². The molecular formula is C16H18FN3O2S. The Kier molecular flexibility index (Phi) is 4.97. The Morgan fingerprint density at radius 1 is 1.43 bits per heavy atom. The summed E-state index contributed by atoms with van der Waals surface area (Å²) in [4.78, 5) is 13.8. The fourth-order valence-electron chi connectivity index (χ4n) is 2.76. The van der Waals surface area contributed by atoms with Crippen molar-refractivity contribution in [2.24, 2.45) is 0 Å². The van der Waals surface area contributed by atoms with Crippen molar-refractivity contribution < 1.29 is 13.9 Å². The SMILES string of the molecule is COCC(=O)N1CCC[C@@H](c2nnc(-c3ccccc3F)s2)C1. The van der Waals surface area contributed by atoms with Crippen LogP contribution in [0.2, 0.25) is 0 Å². The molecule has 1 aromatic carbocycles. The smallest absolute Gasteiger partial charge is 0.248 e. The van der Waals surface area contributed by atoms with Crippen molar-refractivity contribution in [1.82, 2.24) is 15.1 Å². The Morgan fingerprint density at radius 3 is 3.04 bits per heavy atom. The second-order valence-electron chi connectivity index (χ2n) is 5.54. The lowest BCUT2D eigenvalue weighted by molar-refractivity contribution is -0.136. The van der Waals surface area contributed by atoms with Crippen molar-refractivity contribution in [3.05, 3.63) is 35.1 Å². The molecular weight excluding hydrogens is 317 g/mol. The molecule has 0 bridgehead atoms. The lowest BCUT2D eigenvalue weighted by Crippen LogP contribution is -2.40. The summed E-state index contributed by atoms with van der Waals surface area (Å²) < 4.78 is 18.8. The summed E-state index contributed by atoms with van der Waals surface area (Å²) in [5, 5.41) is 9.80. The lowest BCUT2D eigenvalue weighted by atomic mass is 9.99. The van der Waals surface area contributed by atoms with Gasteiger partial charge in [-0.05, 0) is 25.0 Å². The maximum Gasteiger partial charge on any atom is 0.248 e. The topological polar surface area (TPSA) is 55.3 Å². The van der Waals surface area contributed by atoms with Crippen LogP contribution in [0.5, 0.6) is 0 Å². The Bertz CT molecular complexity index is 691. The highest BCUT2D eigenvalue weighted by molar-refractivity contribution is 7.14. The minimum atomic E-state index is -0.296. The molecule has 0 unspecified atom stereocenters. The van der Waals surface area contributed by atoms with Crippen LogP contribution in [0.3, 0.4) is 0 Å². The van der Waals surface area contributed by atoms with Gasteiger partial charge in [-0.15, -0.1) is 10.2 Å². The van der Waals surface area contributed by atoms with Gasteiger partial charge < -0.3 is 9.64 Å². The lowest BCUT2D eigenvalue weighted by Gasteiger charge is -2.31.